The first-order chi connectivity index (χ1) is 9.65. The highest BCUT2D eigenvalue weighted by Gasteiger charge is 2.09. The summed E-state index contributed by atoms with van der Waals surface area (Å²) in [5.41, 5.74) is 4.10. The molecule has 0 spiro atoms. The average molecular weight is 267 g/mol. The van der Waals surface area contributed by atoms with Gasteiger partial charge in [-0.15, -0.1) is 0 Å². The minimum Gasteiger partial charge on any atom is -0.308 e. The maximum Gasteiger partial charge on any atom is 0.0294 e. The van der Waals surface area contributed by atoms with Gasteiger partial charge in [0.25, 0.3) is 0 Å². The lowest BCUT2D eigenvalue weighted by Crippen LogP contribution is -2.29. The molecule has 0 heterocycles. The van der Waals surface area contributed by atoms with Crippen molar-refractivity contribution < 1.29 is 0 Å². The predicted molar refractivity (Wildman–Crippen MR) is 87.0 cm³/mol. The van der Waals surface area contributed by atoms with E-state index in [9.17, 15) is 0 Å². The molecule has 2 atom stereocenters. The molecule has 1 heteroatoms. The van der Waals surface area contributed by atoms with E-state index in [0.29, 0.717) is 12.1 Å². The number of aryl methyl sites for hydroxylation is 2. The van der Waals surface area contributed by atoms with Crippen molar-refractivity contribution >= 4 is 0 Å². The third-order valence-corrected chi connectivity index (χ3v) is 3.82. The second-order valence-electron chi connectivity index (χ2n) is 5.72. The molecule has 2 aromatic carbocycles. The van der Waals surface area contributed by atoms with Gasteiger partial charge in [0.05, 0.1) is 0 Å². The SMILES string of the molecule is Cc1ccc([C@@H](C)NC(C)CCc2ccccc2)cc1. The molecule has 0 aromatic heterocycles. The number of nitrogens with one attached hydrogen (secondary N) is 1. The summed E-state index contributed by atoms with van der Waals surface area (Å²) in [7, 11) is 0. The maximum absolute atomic E-state index is 3.69. The van der Waals surface area contributed by atoms with Crippen molar-refractivity contribution in [2.24, 2.45) is 0 Å². The van der Waals surface area contributed by atoms with Crippen molar-refractivity contribution in [2.75, 3.05) is 0 Å². The van der Waals surface area contributed by atoms with Crippen LogP contribution in [0.2, 0.25) is 0 Å². The summed E-state index contributed by atoms with van der Waals surface area (Å²) in [5.74, 6) is 0. The van der Waals surface area contributed by atoms with Gasteiger partial charge in [-0.05, 0) is 44.7 Å². The summed E-state index contributed by atoms with van der Waals surface area (Å²) in [4.78, 5) is 0. The fourth-order valence-electron chi connectivity index (χ4n) is 2.49. The zero-order chi connectivity index (χ0) is 14.4. The second-order valence-corrected chi connectivity index (χ2v) is 5.72. The quantitative estimate of drug-likeness (QED) is 0.802. The van der Waals surface area contributed by atoms with Crippen LogP contribution in [0.1, 0.15) is 43.0 Å². The molecule has 0 saturated heterocycles. The third-order valence-electron chi connectivity index (χ3n) is 3.82. The molecule has 0 aliphatic heterocycles. The van der Waals surface area contributed by atoms with Crippen molar-refractivity contribution in [3.63, 3.8) is 0 Å². The van der Waals surface area contributed by atoms with E-state index in [1.165, 1.54) is 23.1 Å². The van der Waals surface area contributed by atoms with E-state index >= 15 is 0 Å². The molecule has 0 radical (unpaired) electrons. The largest absolute Gasteiger partial charge is 0.308 e. The zero-order valence-corrected chi connectivity index (χ0v) is 12.8. The van der Waals surface area contributed by atoms with Gasteiger partial charge in [-0.25, -0.2) is 0 Å². The Morgan fingerprint density at radius 3 is 2.20 bits per heavy atom. The minimum atomic E-state index is 0.404. The Bertz CT molecular complexity index is 501. The van der Waals surface area contributed by atoms with Gasteiger partial charge in [0.1, 0.15) is 0 Å². The van der Waals surface area contributed by atoms with Crippen LogP contribution in [-0.2, 0) is 6.42 Å². The highest BCUT2D eigenvalue weighted by atomic mass is 14.9. The standard InChI is InChI=1S/C19H25N/c1-15-9-13-19(14-10-15)17(3)20-16(2)11-12-18-7-5-4-6-8-18/h4-10,13-14,16-17,20H,11-12H2,1-3H3/t16?,17-/m1/s1. The van der Waals surface area contributed by atoms with Gasteiger partial charge in [0.15, 0.2) is 0 Å². The van der Waals surface area contributed by atoms with Crippen LogP contribution in [0.15, 0.2) is 54.6 Å². The fourth-order valence-corrected chi connectivity index (χ4v) is 2.49. The molecule has 1 N–H and O–H groups in total. The Kier molecular flexibility index (Phi) is 5.37. The number of rotatable bonds is 6. The first-order valence-corrected chi connectivity index (χ1v) is 7.51. The lowest BCUT2D eigenvalue weighted by atomic mass is 10.0. The van der Waals surface area contributed by atoms with Crippen LogP contribution in [-0.4, -0.2) is 6.04 Å². The van der Waals surface area contributed by atoms with Crippen molar-refractivity contribution in [2.45, 2.75) is 45.7 Å². The van der Waals surface area contributed by atoms with Crippen molar-refractivity contribution in [1.82, 2.24) is 5.32 Å². The smallest absolute Gasteiger partial charge is 0.0294 e. The highest BCUT2D eigenvalue weighted by molar-refractivity contribution is 5.23. The van der Waals surface area contributed by atoms with Gasteiger partial charge < -0.3 is 5.32 Å². The van der Waals surface area contributed by atoms with E-state index in [1.807, 2.05) is 0 Å². The molecule has 2 rings (SSSR count). The van der Waals surface area contributed by atoms with Gasteiger partial charge in [0.2, 0.25) is 0 Å². The lowest BCUT2D eigenvalue weighted by molar-refractivity contribution is 0.456. The molecular formula is C19H25N. The monoisotopic (exact) mass is 267 g/mol. The summed E-state index contributed by atoms with van der Waals surface area (Å²) in [5, 5.41) is 3.69. The number of hydrogen-bond donors (Lipinski definition) is 1. The first-order valence-electron chi connectivity index (χ1n) is 7.51. The van der Waals surface area contributed by atoms with Crippen LogP contribution < -0.4 is 5.32 Å². The highest BCUT2D eigenvalue weighted by Crippen LogP contribution is 2.15. The fraction of sp³-hybridized carbons (Fsp3) is 0.368. The van der Waals surface area contributed by atoms with Gasteiger partial charge in [-0.1, -0.05) is 60.2 Å². The first kappa shape index (κ1) is 14.8. The van der Waals surface area contributed by atoms with Crippen LogP contribution in [0, 0.1) is 6.92 Å². The van der Waals surface area contributed by atoms with E-state index < -0.39 is 0 Å². The van der Waals surface area contributed by atoms with Crippen LogP contribution in [0.3, 0.4) is 0 Å². The minimum absolute atomic E-state index is 0.404. The summed E-state index contributed by atoms with van der Waals surface area (Å²) >= 11 is 0. The van der Waals surface area contributed by atoms with E-state index in [4.69, 9.17) is 0 Å². The van der Waals surface area contributed by atoms with Gasteiger partial charge >= 0.3 is 0 Å². The molecule has 0 aliphatic rings. The lowest BCUT2D eigenvalue weighted by Gasteiger charge is -2.20. The normalized spacial score (nSPS) is 13.9. The van der Waals surface area contributed by atoms with E-state index in [-0.39, 0.29) is 0 Å². The molecule has 0 aliphatic carbocycles. The molecule has 106 valence electrons. The summed E-state index contributed by atoms with van der Waals surface area (Å²) < 4.78 is 0. The Morgan fingerprint density at radius 1 is 0.900 bits per heavy atom. The molecular weight excluding hydrogens is 242 g/mol. The van der Waals surface area contributed by atoms with E-state index in [0.717, 1.165) is 6.42 Å². The second kappa shape index (κ2) is 7.25. The number of benzene rings is 2. The molecule has 0 bridgehead atoms. The Balaban J connectivity index is 1.82. The third kappa shape index (κ3) is 4.50. The van der Waals surface area contributed by atoms with Crippen LogP contribution in [0.25, 0.3) is 0 Å². The molecule has 1 nitrogen and oxygen atoms in total. The predicted octanol–water partition coefficient (Wildman–Crippen LogP) is 4.67. The zero-order valence-electron chi connectivity index (χ0n) is 12.8. The van der Waals surface area contributed by atoms with Gasteiger partial charge in [-0.3, -0.25) is 0 Å². The van der Waals surface area contributed by atoms with Gasteiger partial charge in [-0.2, -0.15) is 0 Å². The van der Waals surface area contributed by atoms with Crippen LogP contribution in [0.5, 0.6) is 0 Å². The van der Waals surface area contributed by atoms with Crippen LogP contribution in [0.4, 0.5) is 0 Å². The Hall–Kier alpha value is -1.60. The average Bonchev–Trinajstić information content (AvgIpc) is 2.47. The number of hydrogen-bond acceptors (Lipinski definition) is 1. The molecule has 0 fully saturated rings. The van der Waals surface area contributed by atoms with Crippen molar-refractivity contribution in [3.05, 3.63) is 71.3 Å². The van der Waals surface area contributed by atoms with Gasteiger partial charge in [0, 0.05) is 12.1 Å². The molecule has 0 amide bonds. The van der Waals surface area contributed by atoms with Crippen LogP contribution >= 0.6 is 0 Å². The van der Waals surface area contributed by atoms with E-state index in [1.54, 1.807) is 0 Å². The topological polar surface area (TPSA) is 12.0 Å². The summed E-state index contributed by atoms with van der Waals surface area (Å²) in [6, 6.07) is 20.4. The molecule has 2 aromatic rings. The Morgan fingerprint density at radius 2 is 1.55 bits per heavy atom. The maximum atomic E-state index is 3.69. The van der Waals surface area contributed by atoms with E-state index in [2.05, 4.69) is 80.7 Å². The molecule has 0 saturated carbocycles. The van der Waals surface area contributed by atoms with Crippen molar-refractivity contribution in [1.29, 1.82) is 0 Å². The molecule has 1 unspecified atom stereocenters. The molecule has 20 heavy (non-hydrogen) atoms. The van der Waals surface area contributed by atoms with Crippen molar-refractivity contribution in [3.8, 4) is 0 Å². The Labute approximate surface area is 123 Å². The summed E-state index contributed by atoms with van der Waals surface area (Å²) in [6.07, 6.45) is 2.30. The summed E-state index contributed by atoms with van der Waals surface area (Å²) in [6.45, 7) is 6.64.